The first kappa shape index (κ1) is 18.4. The lowest BCUT2D eigenvalue weighted by Crippen LogP contribution is -2.40. The highest BCUT2D eigenvalue weighted by Crippen LogP contribution is 2.27. The van der Waals surface area contributed by atoms with E-state index in [0.29, 0.717) is 46.9 Å². The minimum atomic E-state index is -0.0484. The van der Waals surface area contributed by atoms with E-state index in [0.717, 1.165) is 12.8 Å². The van der Waals surface area contributed by atoms with Crippen LogP contribution in [0.4, 0.5) is 5.95 Å². The number of benzene rings is 1. The summed E-state index contributed by atoms with van der Waals surface area (Å²) in [7, 11) is 0. The van der Waals surface area contributed by atoms with Gasteiger partial charge in [0.1, 0.15) is 0 Å². The van der Waals surface area contributed by atoms with Gasteiger partial charge in [0.05, 0.1) is 28.5 Å². The maximum atomic E-state index is 13.3. The Morgan fingerprint density at radius 3 is 2.86 bits per heavy atom. The maximum absolute atomic E-state index is 13.3. The third-order valence-electron chi connectivity index (χ3n) is 4.67. The second kappa shape index (κ2) is 7.93. The Balaban J connectivity index is 1.52. The molecule has 1 saturated heterocycles. The SMILES string of the molecule is Cc1noc(-c2ccccc2C(=O)N2CCC[C@H]2CNc2ncc(Cl)cn2)n1. The quantitative estimate of drug-likeness (QED) is 0.704. The molecule has 144 valence electrons. The van der Waals surface area contributed by atoms with Crippen LogP contribution in [0, 0.1) is 6.92 Å². The Morgan fingerprint density at radius 1 is 1.32 bits per heavy atom. The number of anilines is 1. The standard InChI is InChI=1S/C19H19ClN6O2/c1-12-24-17(28-25-12)15-6-2-3-7-16(15)18(27)26-8-4-5-14(26)11-23-19-21-9-13(20)10-22-19/h2-3,6-7,9-10,14H,4-5,8,11H2,1H3,(H,21,22,23)/t14-/m0/s1. The van der Waals surface area contributed by atoms with E-state index in [4.69, 9.17) is 16.1 Å². The van der Waals surface area contributed by atoms with Crippen molar-refractivity contribution in [2.24, 2.45) is 0 Å². The first-order chi connectivity index (χ1) is 13.6. The van der Waals surface area contributed by atoms with Crippen LogP contribution in [0.15, 0.2) is 41.2 Å². The molecule has 9 heteroatoms. The van der Waals surface area contributed by atoms with Crippen molar-refractivity contribution in [1.29, 1.82) is 0 Å². The van der Waals surface area contributed by atoms with Crippen LogP contribution in [-0.2, 0) is 0 Å². The van der Waals surface area contributed by atoms with Crippen molar-refractivity contribution in [3.63, 3.8) is 0 Å². The van der Waals surface area contributed by atoms with Crippen molar-refractivity contribution in [2.75, 3.05) is 18.4 Å². The number of hydrogen-bond acceptors (Lipinski definition) is 7. The van der Waals surface area contributed by atoms with E-state index in [1.54, 1.807) is 13.0 Å². The van der Waals surface area contributed by atoms with Gasteiger partial charge in [0.25, 0.3) is 11.8 Å². The normalized spacial score (nSPS) is 16.4. The summed E-state index contributed by atoms with van der Waals surface area (Å²) in [6, 6.07) is 7.36. The Morgan fingerprint density at radius 2 is 2.11 bits per heavy atom. The number of likely N-dealkylation sites (tertiary alicyclic amines) is 1. The van der Waals surface area contributed by atoms with E-state index in [1.807, 2.05) is 23.1 Å². The molecule has 1 amide bonds. The molecule has 1 N–H and O–H groups in total. The highest BCUT2D eigenvalue weighted by molar-refractivity contribution is 6.30. The van der Waals surface area contributed by atoms with Crippen LogP contribution in [-0.4, -0.2) is 50.0 Å². The molecule has 0 saturated carbocycles. The lowest BCUT2D eigenvalue weighted by Gasteiger charge is -2.25. The summed E-state index contributed by atoms with van der Waals surface area (Å²) in [6.45, 7) is 3.01. The molecule has 0 aliphatic carbocycles. The number of nitrogens with zero attached hydrogens (tertiary/aromatic N) is 5. The minimum absolute atomic E-state index is 0.0456. The molecule has 28 heavy (non-hydrogen) atoms. The molecule has 4 rings (SSSR count). The smallest absolute Gasteiger partial charge is 0.258 e. The molecule has 1 atom stereocenters. The average molecular weight is 399 g/mol. The van der Waals surface area contributed by atoms with Crippen molar-refractivity contribution < 1.29 is 9.32 Å². The van der Waals surface area contributed by atoms with Crippen molar-refractivity contribution in [2.45, 2.75) is 25.8 Å². The van der Waals surface area contributed by atoms with Gasteiger partial charge in [0.2, 0.25) is 5.95 Å². The summed E-state index contributed by atoms with van der Waals surface area (Å²) in [4.78, 5) is 27.7. The zero-order chi connectivity index (χ0) is 19.5. The van der Waals surface area contributed by atoms with Gasteiger partial charge < -0.3 is 14.7 Å². The van der Waals surface area contributed by atoms with E-state index in [1.165, 1.54) is 12.4 Å². The molecule has 0 bridgehead atoms. The lowest BCUT2D eigenvalue weighted by atomic mass is 10.1. The van der Waals surface area contributed by atoms with Gasteiger partial charge in [-0.15, -0.1) is 0 Å². The Bertz CT molecular complexity index is 975. The van der Waals surface area contributed by atoms with Gasteiger partial charge in [0, 0.05) is 19.1 Å². The van der Waals surface area contributed by atoms with E-state index in [2.05, 4.69) is 25.4 Å². The molecule has 0 spiro atoms. The molecule has 1 aliphatic rings. The zero-order valence-corrected chi connectivity index (χ0v) is 16.1. The van der Waals surface area contributed by atoms with Crippen LogP contribution in [0.2, 0.25) is 5.02 Å². The lowest BCUT2D eigenvalue weighted by molar-refractivity contribution is 0.0744. The summed E-state index contributed by atoms with van der Waals surface area (Å²) in [6.07, 6.45) is 4.93. The number of hydrogen-bond donors (Lipinski definition) is 1. The van der Waals surface area contributed by atoms with Crippen molar-refractivity contribution in [3.8, 4) is 11.5 Å². The predicted octanol–water partition coefficient (Wildman–Crippen LogP) is 3.21. The third kappa shape index (κ3) is 3.82. The number of carbonyl (C=O) groups is 1. The van der Waals surface area contributed by atoms with Crippen molar-refractivity contribution >= 4 is 23.5 Å². The molecule has 1 aromatic carbocycles. The van der Waals surface area contributed by atoms with E-state index >= 15 is 0 Å². The number of halogens is 1. The molecule has 0 radical (unpaired) electrons. The fourth-order valence-corrected chi connectivity index (χ4v) is 3.44. The van der Waals surface area contributed by atoms with E-state index < -0.39 is 0 Å². The van der Waals surface area contributed by atoms with Gasteiger partial charge in [0.15, 0.2) is 5.82 Å². The molecule has 3 aromatic rings. The Hall–Kier alpha value is -3.00. The summed E-state index contributed by atoms with van der Waals surface area (Å²) < 4.78 is 5.27. The van der Waals surface area contributed by atoms with Crippen LogP contribution < -0.4 is 5.32 Å². The molecule has 3 heterocycles. The summed E-state index contributed by atoms with van der Waals surface area (Å²) in [5.41, 5.74) is 1.20. The largest absolute Gasteiger partial charge is 0.352 e. The molecule has 1 fully saturated rings. The highest BCUT2D eigenvalue weighted by Gasteiger charge is 2.31. The number of rotatable bonds is 5. The van der Waals surface area contributed by atoms with Crippen molar-refractivity contribution in [3.05, 3.63) is 53.1 Å². The topological polar surface area (TPSA) is 97.0 Å². The first-order valence-electron chi connectivity index (χ1n) is 9.04. The first-order valence-corrected chi connectivity index (χ1v) is 9.41. The summed E-state index contributed by atoms with van der Waals surface area (Å²) in [5.74, 6) is 1.33. The third-order valence-corrected chi connectivity index (χ3v) is 4.86. The number of aryl methyl sites for hydroxylation is 1. The van der Waals surface area contributed by atoms with Gasteiger partial charge in [-0.25, -0.2) is 9.97 Å². The van der Waals surface area contributed by atoms with Crippen molar-refractivity contribution in [1.82, 2.24) is 25.0 Å². The Kier molecular flexibility index (Phi) is 5.21. The van der Waals surface area contributed by atoms with Gasteiger partial charge >= 0.3 is 0 Å². The number of amides is 1. The van der Waals surface area contributed by atoms with E-state index in [-0.39, 0.29) is 11.9 Å². The van der Waals surface area contributed by atoms with Crippen LogP contribution in [0.25, 0.3) is 11.5 Å². The number of carbonyl (C=O) groups excluding carboxylic acids is 1. The Labute approximate surface area is 166 Å². The van der Waals surface area contributed by atoms with Crippen LogP contribution in [0.1, 0.15) is 29.0 Å². The molecule has 2 aromatic heterocycles. The number of aromatic nitrogens is 4. The van der Waals surface area contributed by atoms with Crippen LogP contribution in [0.5, 0.6) is 0 Å². The fraction of sp³-hybridized carbons (Fsp3) is 0.316. The fourth-order valence-electron chi connectivity index (χ4n) is 3.35. The van der Waals surface area contributed by atoms with Gasteiger partial charge in [-0.1, -0.05) is 28.9 Å². The minimum Gasteiger partial charge on any atom is -0.352 e. The van der Waals surface area contributed by atoms with Gasteiger partial charge in [-0.3, -0.25) is 4.79 Å². The predicted molar refractivity (Wildman–Crippen MR) is 104 cm³/mol. The zero-order valence-electron chi connectivity index (χ0n) is 15.3. The van der Waals surface area contributed by atoms with Crippen LogP contribution in [0.3, 0.4) is 0 Å². The molecular weight excluding hydrogens is 380 g/mol. The summed E-state index contributed by atoms with van der Waals surface area (Å²) in [5, 5.41) is 7.50. The molecule has 1 aliphatic heterocycles. The van der Waals surface area contributed by atoms with E-state index in [9.17, 15) is 4.79 Å². The second-order valence-corrected chi connectivity index (χ2v) is 7.03. The van der Waals surface area contributed by atoms with Gasteiger partial charge in [-0.2, -0.15) is 4.98 Å². The monoisotopic (exact) mass is 398 g/mol. The average Bonchev–Trinajstić information content (AvgIpc) is 3.36. The molecular formula is C19H19ClN6O2. The van der Waals surface area contributed by atoms with Crippen LogP contribution >= 0.6 is 11.6 Å². The second-order valence-electron chi connectivity index (χ2n) is 6.59. The maximum Gasteiger partial charge on any atom is 0.258 e. The molecule has 0 unspecified atom stereocenters. The number of nitrogens with one attached hydrogen (secondary N) is 1. The molecule has 8 nitrogen and oxygen atoms in total. The summed E-state index contributed by atoms with van der Waals surface area (Å²) >= 11 is 5.82. The highest BCUT2D eigenvalue weighted by atomic mass is 35.5. The van der Waals surface area contributed by atoms with Gasteiger partial charge in [-0.05, 0) is 31.9 Å².